The van der Waals surface area contributed by atoms with Crippen molar-refractivity contribution in [2.75, 3.05) is 13.7 Å². The van der Waals surface area contributed by atoms with Gasteiger partial charge in [-0.3, -0.25) is 0 Å². The highest BCUT2D eigenvalue weighted by molar-refractivity contribution is 5.37. The van der Waals surface area contributed by atoms with Gasteiger partial charge < -0.3 is 16.2 Å². The molecular weight excluding hydrogens is 176 g/mol. The second-order valence-electron chi connectivity index (χ2n) is 3.41. The standard InChI is InChI=1S/C11H18N2O/c1-8-7-9(10(13)5-6-12)3-4-11(8)14-2/h3-4,7,10H,5-6,12-13H2,1-2H3/t10-/m1/s1. The van der Waals surface area contributed by atoms with Crippen LogP contribution in [-0.2, 0) is 0 Å². The summed E-state index contributed by atoms with van der Waals surface area (Å²) in [4.78, 5) is 0. The van der Waals surface area contributed by atoms with Gasteiger partial charge in [0, 0.05) is 6.04 Å². The van der Waals surface area contributed by atoms with E-state index in [1.165, 1.54) is 0 Å². The molecule has 0 aliphatic heterocycles. The van der Waals surface area contributed by atoms with Crippen molar-refractivity contribution in [3.8, 4) is 5.75 Å². The van der Waals surface area contributed by atoms with Gasteiger partial charge in [0.25, 0.3) is 0 Å². The van der Waals surface area contributed by atoms with Crippen molar-refractivity contribution in [1.29, 1.82) is 0 Å². The average molecular weight is 194 g/mol. The van der Waals surface area contributed by atoms with Gasteiger partial charge in [-0.25, -0.2) is 0 Å². The Morgan fingerprint density at radius 2 is 2.14 bits per heavy atom. The van der Waals surface area contributed by atoms with E-state index in [4.69, 9.17) is 16.2 Å². The molecule has 1 aromatic rings. The number of nitrogens with two attached hydrogens (primary N) is 2. The highest BCUT2D eigenvalue weighted by Gasteiger charge is 2.06. The minimum atomic E-state index is 0.0320. The summed E-state index contributed by atoms with van der Waals surface area (Å²) in [7, 11) is 1.67. The van der Waals surface area contributed by atoms with Crippen LogP contribution >= 0.6 is 0 Å². The van der Waals surface area contributed by atoms with E-state index in [9.17, 15) is 0 Å². The summed E-state index contributed by atoms with van der Waals surface area (Å²) in [6, 6.07) is 6.02. The van der Waals surface area contributed by atoms with Crippen LogP contribution < -0.4 is 16.2 Å². The third-order valence-corrected chi connectivity index (χ3v) is 2.32. The Kier molecular flexibility index (Phi) is 3.92. The molecular formula is C11H18N2O. The van der Waals surface area contributed by atoms with Crippen molar-refractivity contribution in [3.63, 3.8) is 0 Å². The highest BCUT2D eigenvalue weighted by Crippen LogP contribution is 2.22. The number of benzene rings is 1. The minimum Gasteiger partial charge on any atom is -0.496 e. The molecule has 0 fully saturated rings. The lowest BCUT2D eigenvalue weighted by Gasteiger charge is -2.13. The molecule has 14 heavy (non-hydrogen) atoms. The lowest BCUT2D eigenvalue weighted by atomic mass is 10.0. The smallest absolute Gasteiger partial charge is 0.121 e. The van der Waals surface area contributed by atoms with Crippen LogP contribution in [0.1, 0.15) is 23.6 Å². The summed E-state index contributed by atoms with van der Waals surface area (Å²) in [6.45, 7) is 2.63. The zero-order valence-corrected chi connectivity index (χ0v) is 8.79. The summed E-state index contributed by atoms with van der Waals surface area (Å²) in [5.41, 5.74) is 13.6. The Bertz CT molecular complexity index is 299. The monoisotopic (exact) mass is 194 g/mol. The van der Waals surface area contributed by atoms with E-state index < -0.39 is 0 Å². The molecule has 0 unspecified atom stereocenters. The van der Waals surface area contributed by atoms with E-state index in [1.807, 2.05) is 19.1 Å². The fourth-order valence-corrected chi connectivity index (χ4v) is 1.48. The minimum absolute atomic E-state index is 0.0320. The molecule has 3 nitrogen and oxygen atoms in total. The molecule has 0 spiro atoms. The Hall–Kier alpha value is -1.06. The number of hydrogen-bond acceptors (Lipinski definition) is 3. The predicted molar refractivity (Wildman–Crippen MR) is 58.3 cm³/mol. The van der Waals surface area contributed by atoms with Crippen molar-refractivity contribution in [3.05, 3.63) is 29.3 Å². The van der Waals surface area contributed by atoms with E-state index in [0.717, 1.165) is 23.3 Å². The Labute approximate surface area is 85.0 Å². The Morgan fingerprint density at radius 3 is 2.64 bits per heavy atom. The summed E-state index contributed by atoms with van der Waals surface area (Å²) in [5, 5.41) is 0. The van der Waals surface area contributed by atoms with Gasteiger partial charge >= 0.3 is 0 Å². The maximum Gasteiger partial charge on any atom is 0.121 e. The molecule has 1 rings (SSSR count). The quantitative estimate of drug-likeness (QED) is 0.760. The normalized spacial score (nSPS) is 12.6. The second kappa shape index (κ2) is 4.98. The first-order valence-corrected chi connectivity index (χ1v) is 4.79. The summed E-state index contributed by atoms with van der Waals surface area (Å²) in [6.07, 6.45) is 0.811. The number of aryl methyl sites for hydroxylation is 1. The van der Waals surface area contributed by atoms with Gasteiger partial charge in [0.05, 0.1) is 7.11 Å². The molecule has 0 radical (unpaired) electrons. The third-order valence-electron chi connectivity index (χ3n) is 2.32. The van der Waals surface area contributed by atoms with E-state index in [2.05, 4.69) is 6.07 Å². The van der Waals surface area contributed by atoms with Gasteiger partial charge in [0.1, 0.15) is 5.75 Å². The van der Waals surface area contributed by atoms with Crippen molar-refractivity contribution in [2.45, 2.75) is 19.4 Å². The highest BCUT2D eigenvalue weighted by atomic mass is 16.5. The van der Waals surface area contributed by atoms with Gasteiger partial charge in [-0.05, 0) is 37.1 Å². The van der Waals surface area contributed by atoms with Crippen LogP contribution in [0, 0.1) is 6.92 Å². The van der Waals surface area contributed by atoms with Crippen LogP contribution in [0.4, 0.5) is 0 Å². The zero-order chi connectivity index (χ0) is 10.6. The van der Waals surface area contributed by atoms with Crippen LogP contribution in [0.15, 0.2) is 18.2 Å². The largest absolute Gasteiger partial charge is 0.496 e. The molecule has 0 bridgehead atoms. The summed E-state index contributed by atoms with van der Waals surface area (Å²) < 4.78 is 5.17. The molecule has 1 atom stereocenters. The predicted octanol–water partition coefficient (Wildman–Crippen LogP) is 1.35. The van der Waals surface area contributed by atoms with Crippen LogP contribution in [0.25, 0.3) is 0 Å². The first-order chi connectivity index (χ1) is 6.69. The van der Waals surface area contributed by atoms with Gasteiger partial charge in [-0.1, -0.05) is 12.1 Å². The first-order valence-electron chi connectivity index (χ1n) is 4.79. The fourth-order valence-electron chi connectivity index (χ4n) is 1.48. The molecule has 0 aromatic heterocycles. The molecule has 0 amide bonds. The van der Waals surface area contributed by atoms with Crippen LogP contribution in [0.5, 0.6) is 5.75 Å². The molecule has 0 saturated heterocycles. The van der Waals surface area contributed by atoms with Gasteiger partial charge in [0.2, 0.25) is 0 Å². The van der Waals surface area contributed by atoms with Crippen molar-refractivity contribution >= 4 is 0 Å². The molecule has 3 heteroatoms. The van der Waals surface area contributed by atoms with E-state index in [0.29, 0.717) is 6.54 Å². The Balaban J connectivity index is 2.85. The molecule has 1 aromatic carbocycles. The van der Waals surface area contributed by atoms with Crippen molar-refractivity contribution in [1.82, 2.24) is 0 Å². The van der Waals surface area contributed by atoms with E-state index in [-0.39, 0.29) is 6.04 Å². The number of rotatable bonds is 4. The fraction of sp³-hybridized carbons (Fsp3) is 0.455. The SMILES string of the molecule is COc1ccc([C@H](N)CCN)cc1C. The lowest BCUT2D eigenvalue weighted by molar-refractivity contribution is 0.411. The Morgan fingerprint density at radius 1 is 1.43 bits per heavy atom. The molecule has 0 saturated carbocycles. The molecule has 0 aliphatic rings. The maximum absolute atomic E-state index is 5.95. The maximum atomic E-state index is 5.95. The van der Waals surface area contributed by atoms with Gasteiger partial charge in [-0.2, -0.15) is 0 Å². The topological polar surface area (TPSA) is 61.3 Å². The average Bonchev–Trinajstić information content (AvgIpc) is 2.18. The number of ether oxygens (including phenoxy) is 1. The third kappa shape index (κ3) is 2.47. The van der Waals surface area contributed by atoms with Crippen molar-refractivity contribution in [2.24, 2.45) is 11.5 Å². The molecule has 0 heterocycles. The zero-order valence-electron chi connectivity index (χ0n) is 8.79. The molecule has 0 aliphatic carbocycles. The van der Waals surface area contributed by atoms with Gasteiger partial charge in [0.15, 0.2) is 0 Å². The number of methoxy groups -OCH3 is 1. The van der Waals surface area contributed by atoms with E-state index in [1.54, 1.807) is 7.11 Å². The molecule has 4 N–H and O–H groups in total. The van der Waals surface area contributed by atoms with Crippen LogP contribution in [0.2, 0.25) is 0 Å². The van der Waals surface area contributed by atoms with Crippen molar-refractivity contribution < 1.29 is 4.74 Å². The lowest BCUT2D eigenvalue weighted by Crippen LogP contribution is -2.15. The van der Waals surface area contributed by atoms with Crippen LogP contribution in [0.3, 0.4) is 0 Å². The van der Waals surface area contributed by atoms with E-state index >= 15 is 0 Å². The summed E-state index contributed by atoms with van der Waals surface area (Å²) in [5.74, 6) is 0.897. The number of hydrogen-bond donors (Lipinski definition) is 2. The summed E-state index contributed by atoms with van der Waals surface area (Å²) >= 11 is 0. The molecule has 78 valence electrons. The van der Waals surface area contributed by atoms with Crippen LogP contribution in [-0.4, -0.2) is 13.7 Å². The van der Waals surface area contributed by atoms with Gasteiger partial charge in [-0.15, -0.1) is 0 Å². The second-order valence-corrected chi connectivity index (χ2v) is 3.41. The first kappa shape index (κ1) is 11.0.